The number of aromatic amines is 1. The number of nitrogens with one attached hydrogen (secondary N) is 1. The zero-order valence-corrected chi connectivity index (χ0v) is 10.7. The van der Waals surface area contributed by atoms with E-state index in [-0.39, 0.29) is 27.9 Å². The average Bonchev–Trinajstić information content (AvgIpc) is 2.81. The molecular formula is C11H11ClN4O3. The monoisotopic (exact) mass is 282 g/mol. The van der Waals surface area contributed by atoms with Crippen molar-refractivity contribution in [2.24, 2.45) is 5.73 Å². The topological polar surface area (TPSA) is 114 Å². The van der Waals surface area contributed by atoms with Gasteiger partial charge in [-0.3, -0.25) is 4.79 Å². The fourth-order valence-corrected chi connectivity index (χ4v) is 1.83. The lowest BCUT2D eigenvalue weighted by atomic mass is 10.1. The largest absolute Gasteiger partial charge is 0.504 e. The second-order valence-electron chi connectivity index (χ2n) is 3.62. The number of H-pyrrole nitrogens is 1. The molecule has 0 atom stereocenters. The van der Waals surface area contributed by atoms with Crippen LogP contribution in [0.25, 0.3) is 11.3 Å². The predicted molar refractivity (Wildman–Crippen MR) is 68.2 cm³/mol. The summed E-state index contributed by atoms with van der Waals surface area (Å²) < 4.78 is 5.25. The van der Waals surface area contributed by atoms with Crippen molar-refractivity contribution in [3.63, 3.8) is 0 Å². The van der Waals surface area contributed by atoms with Crippen molar-refractivity contribution >= 4 is 17.5 Å². The molecule has 0 saturated heterocycles. The van der Waals surface area contributed by atoms with Crippen molar-refractivity contribution in [2.75, 3.05) is 6.61 Å². The maximum atomic E-state index is 11.2. The number of phenols is 1. The molecule has 7 nitrogen and oxygen atoms in total. The highest BCUT2D eigenvalue weighted by Crippen LogP contribution is 2.37. The molecule has 0 aliphatic heterocycles. The summed E-state index contributed by atoms with van der Waals surface area (Å²) in [6.07, 6.45) is 0. The molecule has 0 saturated carbocycles. The quantitative estimate of drug-likeness (QED) is 0.782. The lowest BCUT2D eigenvalue weighted by Crippen LogP contribution is -2.12. The molecule has 1 aromatic heterocycles. The number of nitrogens with zero attached hydrogens (tertiary/aromatic N) is 2. The van der Waals surface area contributed by atoms with E-state index in [2.05, 4.69) is 15.4 Å². The second-order valence-corrected chi connectivity index (χ2v) is 4.03. The Balaban J connectivity index is 2.58. The number of aromatic hydroxyl groups is 1. The maximum Gasteiger partial charge on any atom is 0.271 e. The number of amides is 1. The summed E-state index contributed by atoms with van der Waals surface area (Å²) in [5.41, 5.74) is 5.76. The van der Waals surface area contributed by atoms with Crippen molar-refractivity contribution in [1.29, 1.82) is 0 Å². The molecule has 8 heteroatoms. The summed E-state index contributed by atoms with van der Waals surface area (Å²) in [6, 6.07) is 2.78. The lowest BCUT2D eigenvalue weighted by Gasteiger charge is -2.09. The Morgan fingerprint density at radius 3 is 2.89 bits per heavy atom. The van der Waals surface area contributed by atoms with Gasteiger partial charge in [0.1, 0.15) is 5.69 Å². The van der Waals surface area contributed by atoms with Gasteiger partial charge in [0, 0.05) is 11.6 Å². The first-order chi connectivity index (χ1) is 9.04. The SMILES string of the molecule is CCOc1cc(-c2n[nH]nc2C(N)=O)c(Cl)cc1O. The first-order valence-corrected chi connectivity index (χ1v) is 5.78. The molecule has 2 aromatic rings. The van der Waals surface area contributed by atoms with E-state index in [0.717, 1.165) is 0 Å². The van der Waals surface area contributed by atoms with E-state index in [1.807, 2.05) is 0 Å². The summed E-state index contributed by atoms with van der Waals surface area (Å²) in [5.74, 6) is -0.592. The van der Waals surface area contributed by atoms with Crippen LogP contribution in [0.2, 0.25) is 5.02 Å². The Morgan fingerprint density at radius 1 is 1.53 bits per heavy atom. The van der Waals surface area contributed by atoms with E-state index >= 15 is 0 Å². The van der Waals surface area contributed by atoms with Crippen molar-refractivity contribution in [3.8, 4) is 22.8 Å². The summed E-state index contributed by atoms with van der Waals surface area (Å²) in [5, 5.41) is 19.7. The van der Waals surface area contributed by atoms with Crippen LogP contribution >= 0.6 is 11.6 Å². The minimum Gasteiger partial charge on any atom is -0.504 e. The normalized spacial score (nSPS) is 10.4. The zero-order valence-electron chi connectivity index (χ0n) is 9.98. The highest BCUT2D eigenvalue weighted by molar-refractivity contribution is 6.33. The summed E-state index contributed by atoms with van der Waals surface area (Å²) in [7, 11) is 0. The van der Waals surface area contributed by atoms with Crippen LogP contribution in [0.1, 0.15) is 17.4 Å². The van der Waals surface area contributed by atoms with Gasteiger partial charge in [-0.2, -0.15) is 15.4 Å². The molecule has 0 aliphatic carbocycles. The van der Waals surface area contributed by atoms with E-state index < -0.39 is 5.91 Å². The molecule has 1 aromatic carbocycles. The van der Waals surface area contributed by atoms with Gasteiger partial charge in [0.05, 0.1) is 11.6 Å². The number of rotatable bonds is 4. The smallest absolute Gasteiger partial charge is 0.271 e. The van der Waals surface area contributed by atoms with Crippen LogP contribution in [0.3, 0.4) is 0 Å². The zero-order chi connectivity index (χ0) is 14.0. The molecular weight excluding hydrogens is 272 g/mol. The second kappa shape index (κ2) is 5.15. The van der Waals surface area contributed by atoms with Crippen molar-refractivity contribution in [2.45, 2.75) is 6.92 Å². The number of phenolic OH excluding ortho intramolecular Hbond substituents is 1. The number of halogens is 1. The third-order valence-corrected chi connectivity index (χ3v) is 2.70. The van der Waals surface area contributed by atoms with Crippen LogP contribution in [0.4, 0.5) is 0 Å². The van der Waals surface area contributed by atoms with Gasteiger partial charge >= 0.3 is 0 Å². The Kier molecular flexibility index (Phi) is 3.57. The van der Waals surface area contributed by atoms with Crippen LogP contribution in [0.5, 0.6) is 11.5 Å². The number of hydrogen-bond donors (Lipinski definition) is 3. The fraction of sp³-hybridized carbons (Fsp3) is 0.182. The Bertz CT molecular complexity index is 626. The van der Waals surface area contributed by atoms with Gasteiger partial charge in [-0.05, 0) is 13.0 Å². The van der Waals surface area contributed by atoms with E-state index in [1.165, 1.54) is 12.1 Å². The molecule has 0 fully saturated rings. The average molecular weight is 283 g/mol. The number of hydrogen-bond acceptors (Lipinski definition) is 5. The maximum absolute atomic E-state index is 11.2. The van der Waals surface area contributed by atoms with E-state index in [0.29, 0.717) is 12.2 Å². The summed E-state index contributed by atoms with van der Waals surface area (Å²) in [6.45, 7) is 2.15. The summed E-state index contributed by atoms with van der Waals surface area (Å²) >= 11 is 6.02. The van der Waals surface area contributed by atoms with Gasteiger partial charge < -0.3 is 15.6 Å². The molecule has 100 valence electrons. The van der Waals surface area contributed by atoms with Gasteiger partial charge in [-0.15, -0.1) is 0 Å². The van der Waals surface area contributed by atoms with E-state index in [4.69, 9.17) is 22.1 Å². The van der Waals surface area contributed by atoms with Gasteiger partial charge in [0.15, 0.2) is 17.2 Å². The fourth-order valence-electron chi connectivity index (χ4n) is 1.59. The minimum absolute atomic E-state index is 0.0324. The molecule has 0 spiro atoms. The van der Waals surface area contributed by atoms with Crippen LogP contribution in [0, 0.1) is 0 Å². The molecule has 1 heterocycles. The molecule has 19 heavy (non-hydrogen) atoms. The van der Waals surface area contributed by atoms with Crippen LogP contribution in [0.15, 0.2) is 12.1 Å². The minimum atomic E-state index is -0.731. The van der Waals surface area contributed by atoms with Crippen molar-refractivity contribution < 1.29 is 14.6 Å². The van der Waals surface area contributed by atoms with Gasteiger partial charge in [-0.25, -0.2) is 0 Å². The van der Waals surface area contributed by atoms with E-state index in [1.54, 1.807) is 6.92 Å². The number of nitrogens with two attached hydrogens (primary N) is 1. The van der Waals surface area contributed by atoms with Crippen molar-refractivity contribution in [1.82, 2.24) is 15.4 Å². The third kappa shape index (κ3) is 2.45. The number of carbonyl (C=O) groups excluding carboxylic acids is 1. The molecule has 0 aliphatic rings. The molecule has 0 bridgehead atoms. The molecule has 4 N–H and O–H groups in total. The molecule has 0 unspecified atom stereocenters. The van der Waals surface area contributed by atoms with Crippen LogP contribution in [-0.2, 0) is 0 Å². The van der Waals surface area contributed by atoms with Crippen LogP contribution < -0.4 is 10.5 Å². The third-order valence-electron chi connectivity index (χ3n) is 2.38. The Labute approximate surface area is 113 Å². The highest BCUT2D eigenvalue weighted by Gasteiger charge is 2.19. The summed E-state index contributed by atoms with van der Waals surface area (Å²) in [4.78, 5) is 11.2. The number of carbonyl (C=O) groups is 1. The van der Waals surface area contributed by atoms with Gasteiger partial charge in [-0.1, -0.05) is 11.6 Å². The number of benzene rings is 1. The van der Waals surface area contributed by atoms with Gasteiger partial charge in [0.25, 0.3) is 5.91 Å². The standard InChI is InChI=1S/C11H11ClN4O3/c1-2-19-8-3-5(6(12)4-7(8)17)9-10(11(13)18)15-16-14-9/h3-4,17H,2H2,1H3,(H2,13,18)(H,14,15,16). The number of aromatic nitrogens is 3. The highest BCUT2D eigenvalue weighted by atomic mass is 35.5. The first kappa shape index (κ1) is 13.2. The molecule has 1 amide bonds. The Morgan fingerprint density at radius 2 is 2.26 bits per heavy atom. The van der Waals surface area contributed by atoms with Crippen LogP contribution in [-0.4, -0.2) is 33.0 Å². The van der Waals surface area contributed by atoms with E-state index in [9.17, 15) is 9.90 Å². The Hall–Kier alpha value is -2.28. The predicted octanol–water partition coefficient (Wildman–Crippen LogP) is 1.33. The lowest BCUT2D eigenvalue weighted by molar-refractivity contribution is 0.0996. The van der Waals surface area contributed by atoms with Crippen molar-refractivity contribution in [3.05, 3.63) is 22.8 Å². The molecule has 2 rings (SSSR count). The number of primary amides is 1. The van der Waals surface area contributed by atoms with Gasteiger partial charge in [0.2, 0.25) is 0 Å². The first-order valence-electron chi connectivity index (χ1n) is 5.40. The molecule has 0 radical (unpaired) electrons. The number of ether oxygens (including phenoxy) is 1.